The second-order valence-electron chi connectivity index (χ2n) is 7.47. The van der Waals surface area contributed by atoms with Crippen LogP contribution in [0.25, 0.3) is 11.2 Å². The molecule has 26 heavy (non-hydrogen) atoms. The summed E-state index contributed by atoms with van der Waals surface area (Å²) >= 11 is 0. The van der Waals surface area contributed by atoms with Crippen LogP contribution in [0, 0.1) is 0 Å². The lowest BCUT2D eigenvalue weighted by Crippen LogP contribution is -2.37. The fourth-order valence-electron chi connectivity index (χ4n) is 3.55. The van der Waals surface area contributed by atoms with Crippen molar-refractivity contribution < 1.29 is 0 Å². The third-order valence-corrected chi connectivity index (χ3v) is 5.08. The Labute approximate surface area is 152 Å². The van der Waals surface area contributed by atoms with Crippen molar-refractivity contribution in [3.05, 3.63) is 32.5 Å². The first-order valence-corrected chi connectivity index (χ1v) is 9.11. The Kier molecular flexibility index (Phi) is 5.04. The fraction of sp³-hybridized carbons (Fsp3) is 0.611. The summed E-state index contributed by atoms with van der Waals surface area (Å²) in [4.78, 5) is 29.6. The zero-order valence-corrected chi connectivity index (χ0v) is 16.0. The summed E-state index contributed by atoms with van der Waals surface area (Å²) in [6.45, 7) is 4.55. The molecule has 142 valence electrons. The van der Waals surface area contributed by atoms with Gasteiger partial charge in [0.15, 0.2) is 11.2 Å². The molecular formula is C18H28N6O2. The van der Waals surface area contributed by atoms with E-state index in [9.17, 15) is 9.59 Å². The summed E-state index contributed by atoms with van der Waals surface area (Å²) in [7, 11) is 3.14. The molecule has 0 unspecified atom stereocenters. The molecule has 0 bridgehead atoms. The topological polar surface area (TPSA) is 99.9 Å². The van der Waals surface area contributed by atoms with Gasteiger partial charge in [0.2, 0.25) is 5.95 Å². The van der Waals surface area contributed by atoms with Crippen molar-refractivity contribution >= 4 is 17.1 Å². The lowest BCUT2D eigenvalue weighted by atomic mass is 9.92. The SMILES string of the molecule is CC(C)=CCn1c(N[C@H]2CCC[C@@H](N)C2)nc2c1c(=O)n(C)c(=O)n2C. The molecule has 1 fully saturated rings. The number of fused-ring (bicyclic) bond motifs is 1. The maximum Gasteiger partial charge on any atom is 0.332 e. The molecule has 1 aliphatic rings. The molecule has 0 radical (unpaired) electrons. The molecule has 1 saturated carbocycles. The van der Waals surface area contributed by atoms with Crippen LogP contribution in [0.1, 0.15) is 39.5 Å². The molecule has 2 aromatic heterocycles. The fourth-order valence-corrected chi connectivity index (χ4v) is 3.55. The van der Waals surface area contributed by atoms with Gasteiger partial charge < -0.3 is 15.6 Å². The van der Waals surface area contributed by atoms with Crippen molar-refractivity contribution in [2.45, 2.75) is 58.2 Å². The highest BCUT2D eigenvalue weighted by Crippen LogP contribution is 2.23. The van der Waals surface area contributed by atoms with Gasteiger partial charge in [-0.2, -0.15) is 4.98 Å². The number of allylic oxidation sites excluding steroid dienone is 2. The summed E-state index contributed by atoms with van der Waals surface area (Å²) in [5.41, 5.74) is 7.40. The highest BCUT2D eigenvalue weighted by atomic mass is 16.2. The number of nitrogens with two attached hydrogens (primary N) is 1. The van der Waals surface area contributed by atoms with Gasteiger partial charge in [-0.25, -0.2) is 4.79 Å². The van der Waals surface area contributed by atoms with Crippen LogP contribution in [0.15, 0.2) is 21.2 Å². The molecule has 0 amide bonds. The van der Waals surface area contributed by atoms with E-state index in [1.54, 1.807) is 7.05 Å². The zero-order valence-electron chi connectivity index (χ0n) is 16.0. The summed E-state index contributed by atoms with van der Waals surface area (Å²) in [6.07, 6.45) is 6.07. The minimum Gasteiger partial charge on any atom is -0.353 e. The number of aromatic nitrogens is 4. The number of rotatable bonds is 4. The Morgan fingerprint density at radius 2 is 2.00 bits per heavy atom. The number of imidazole rings is 1. The smallest absolute Gasteiger partial charge is 0.332 e. The average molecular weight is 360 g/mol. The lowest BCUT2D eigenvalue weighted by molar-refractivity contribution is 0.407. The molecule has 8 nitrogen and oxygen atoms in total. The van der Waals surface area contributed by atoms with Crippen molar-refractivity contribution in [3.63, 3.8) is 0 Å². The number of nitrogens with one attached hydrogen (secondary N) is 1. The standard InChI is InChI=1S/C18H28N6O2/c1-11(2)8-9-24-14-15(22(3)18(26)23(4)16(14)25)21-17(24)20-13-7-5-6-12(19)10-13/h8,12-13H,5-7,9-10,19H2,1-4H3,(H,20,21)/t12-,13+/m1/s1. The minimum absolute atomic E-state index is 0.189. The van der Waals surface area contributed by atoms with E-state index in [-0.39, 0.29) is 23.3 Å². The maximum atomic E-state index is 12.7. The molecule has 0 saturated heterocycles. The van der Waals surface area contributed by atoms with Crippen LogP contribution >= 0.6 is 0 Å². The van der Waals surface area contributed by atoms with E-state index in [4.69, 9.17) is 5.73 Å². The first-order chi connectivity index (χ1) is 12.3. The lowest BCUT2D eigenvalue weighted by Gasteiger charge is -2.27. The van der Waals surface area contributed by atoms with Gasteiger partial charge in [0.05, 0.1) is 0 Å². The quantitative estimate of drug-likeness (QED) is 0.795. The number of hydrogen-bond acceptors (Lipinski definition) is 5. The molecule has 2 atom stereocenters. The van der Waals surface area contributed by atoms with Gasteiger partial charge in [-0.1, -0.05) is 11.6 Å². The third kappa shape index (κ3) is 3.33. The number of anilines is 1. The second kappa shape index (κ2) is 7.11. The summed E-state index contributed by atoms with van der Waals surface area (Å²) in [5.74, 6) is 0.620. The normalized spacial score (nSPS) is 20.3. The predicted molar refractivity (Wildman–Crippen MR) is 104 cm³/mol. The Balaban J connectivity index is 2.14. The average Bonchev–Trinajstić information content (AvgIpc) is 2.94. The van der Waals surface area contributed by atoms with E-state index in [2.05, 4.69) is 10.3 Å². The molecule has 0 aliphatic heterocycles. The van der Waals surface area contributed by atoms with Crippen LogP contribution in [-0.2, 0) is 20.6 Å². The Morgan fingerprint density at radius 3 is 2.65 bits per heavy atom. The van der Waals surface area contributed by atoms with E-state index < -0.39 is 0 Å². The molecule has 0 spiro atoms. The molecule has 2 heterocycles. The Hall–Kier alpha value is -2.35. The van der Waals surface area contributed by atoms with Gasteiger partial charge in [-0.3, -0.25) is 13.9 Å². The maximum absolute atomic E-state index is 12.7. The Bertz CT molecular complexity index is 961. The molecule has 3 N–H and O–H groups in total. The van der Waals surface area contributed by atoms with Crippen LogP contribution in [0.4, 0.5) is 5.95 Å². The minimum atomic E-state index is -0.374. The Morgan fingerprint density at radius 1 is 1.27 bits per heavy atom. The largest absolute Gasteiger partial charge is 0.353 e. The van der Waals surface area contributed by atoms with Crippen LogP contribution in [0.5, 0.6) is 0 Å². The van der Waals surface area contributed by atoms with Gasteiger partial charge in [-0.05, 0) is 39.5 Å². The van der Waals surface area contributed by atoms with Crippen molar-refractivity contribution in [2.75, 3.05) is 5.32 Å². The van der Waals surface area contributed by atoms with Gasteiger partial charge >= 0.3 is 5.69 Å². The van der Waals surface area contributed by atoms with Crippen molar-refractivity contribution in [1.29, 1.82) is 0 Å². The molecular weight excluding hydrogens is 332 g/mol. The van der Waals surface area contributed by atoms with Gasteiger partial charge in [0.1, 0.15) is 0 Å². The van der Waals surface area contributed by atoms with Crippen molar-refractivity contribution in [3.8, 4) is 0 Å². The van der Waals surface area contributed by atoms with E-state index in [1.165, 1.54) is 11.6 Å². The van der Waals surface area contributed by atoms with Crippen LogP contribution in [0.3, 0.4) is 0 Å². The highest BCUT2D eigenvalue weighted by molar-refractivity contribution is 5.74. The first-order valence-electron chi connectivity index (χ1n) is 9.11. The van der Waals surface area contributed by atoms with E-state index in [1.807, 2.05) is 24.5 Å². The summed E-state index contributed by atoms with van der Waals surface area (Å²) in [5, 5.41) is 3.47. The number of aryl methyl sites for hydroxylation is 1. The van der Waals surface area contributed by atoms with E-state index in [0.717, 1.165) is 35.8 Å². The first kappa shape index (κ1) is 18.4. The molecule has 3 rings (SSSR count). The predicted octanol–water partition coefficient (Wildman–Crippen LogP) is 1.08. The van der Waals surface area contributed by atoms with Crippen LogP contribution in [-0.4, -0.2) is 30.8 Å². The van der Waals surface area contributed by atoms with Gasteiger partial charge in [-0.15, -0.1) is 0 Å². The van der Waals surface area contributed by atoms with Crippen LogP contribution < -0.4 is 22.3 Å². The van der Waals surface area contributed by atoms with Crippen molar-refractivity contribution in [1.82, 2.24) is 18.7 Å². The van der Waals surface area contributed by atoms with E-state index in [0.29, 0.717) is 23.7 Å². The third-order valence-electron chi connectivity index (χ3n) is 5.08. The second-order valence-corrected chi connectivity index (χ2v) is 7.47. The van der Waals surface area contributed by atoms with Gasteiger partial charge in [0.25, 0.3) is 5.56 Å². The van der Waals surface area contributed by atoms with E-state index >= 15 is 0 Å². The zero-order chi connectivity index (χ0) is 19.0. The number of nitrogens with zero attached hydrogens (tertiary/aromatic N) is 4. The summed E-state index contributed by atoms with van der Waals surface area (Å²) in [6, 6.07) is 0.413. The van der Waals surface area contributed by atoms with Crippen molar-refractivity contribution in [2.24, 2.45) is 19.8 Å². The molecule has 8 heteroatoms. The monoisotopic (exact) mass is 360 g/mol. The number of hydrogen-bond donors (Lipinski definition) is 2. The molecule has 1 aliphatic carbocycles. The highest BCUT2D eigenvalue weighted by Gasteiger charge is 2.23. The summed E-state index contributed by atoms with van der Waals surface area (Å²) < 4.78 is 4.42. The van der Waals surface area contributed by atoms with Crippen LogP contribution in [0.2, 0.25) is 0 Å². The molecule has 2 aromatic rings. The van der Waals surface area contributed by atoms with Gasteiger partial charge in [0, 0.05) is 32.7 Å². The molecule has 0 aromatic carbocycles.